The van der Waals surface area contributed by atoms with Gasteiger partial charge in [-0.15, -0.1) is 0 Å². The highest BCUT2D eigenvalue weighted by Crippen LogP contribution is 2.26. The van der Waals surface area contributed by atoms with Crippen LogP contribution in [-0.2, 0) is 11.2 Å². The van der Waals surface area contributed by atoms with E-state index in [1.54, 1.807) is 19.2 Å². The van der Waals surface area contributed by atoms with Crippen molar-refractivity contribution in [1.82, 2.24) is 5.32 Å². The first-order valence-electron chi connectivity index (χ1n) is 7.09. The van der Waals surface area contributed by atoms with Crippen LogP contribution in [0, 0.1) is 5.82 Å². The summed E-state index contributed by atoms with van der Waals surface area (Å²) < 4.78 is 18.0. The van der Waals surface area contributed by atoms with Crippen LogP contribution in [0.25, 0.3) is 0 Å². The zero-order valence-electron chi connectivity index (χ0n) is 12.5. The topological polar surface area (TPSA) is 50.7 Å². The number of benzene rings is 2. The summed E-state index contributed by atoms with van der Waals surface area (Å²) in [5.74, 6) is 0.400. The van der Waals surface area contributed by atoms with Gasteiger partial charge in [0.2, 0.25) is 5.91 Å². The maximum atomic E-state index is 12.9. The molecule has 118 valence electrons. The molecule has 0 aliphatic carbocycles. The molecule has 6 heteroatoms. The Kier molecular flexibility index (Phi) is 4.62. The number of carbonyl (C=O) groups is 1. The predicted molar refractivity (Wildman–Crippen MR) is 89.7 cm³/mol. The molecule has 0 bridgehead atoms. The molecule has 1 N–H and O–H groups in total. The van der Waals surface area contributed by atoms with Crippen LogP contribution in [0.15, 0.2) is 53.5 Å². The van der Waals surface area contributed by atoms with Crippen molar-refractivity contribution in [3.8, 4) is 5.75 Å². The minimum atomic E-state index is -0.279. The highest BCUT2D eigenvalue weighted by atomic mass is 32.2. The predicted octanol–water partition coefficient (Wildman–Crippen LogP) is 3.30. The molecule has 1 atom stereocenters. The lowest BCUT2D eigenvalue weighted by atomic mass is 10.1. The molecule has 0 spiro atoms. The lowest BCUT2D eigenvalue weighted by Gasteiger charge is -2.05. The van der Waals surface area contributed by atoms with Gasteiger partial charge >= 0.3 is 0 Å². The number of thioether (sulfide) groups is 1. The van der Waals surface area contributed by atoms with Gasteiger partial charge in [-0.25, -0.2) is 9.38 Å². The number of amidine groups is 1. The number of nitrogens with zero attached hydrogens (tertiary/aromatic N) is 1. The molecule has 23 heavy (non-hydrogen) atoms. The van der Waals surface area contributed by atoms with Crippen molar-refractivity contribution in [3.05, 3.63) is 59.9 Å². The summed E-state index contributed by atoms with van der Waals surface area (Å²) in [7, 11) is 1.61. The molecule has 0 unspecified atom stereocenters. The van der Waals surface area contributed by atoms with E-state index in [0.717, 1.165) is 17.0 Å². The van der Waals surface area contributed by atoms with Gasteiger partial charge in [-0.05, 0) is 48.4 Å². The molecular formula is C17H15FN2O2S. The summed E-state index contributed by atoms with van der Waals surface area (Å²) in [6, 6.07) is 13.5. The molecule has 1 amide bonds. The molecule has 1 aliphatic rings. The Labute approximate surface area is 137 Å². The summed E-state index contributed by atoms with van der Waals surface area (Å²) in [6.45, 7) is 0. The highest BCUT2D eigenvalue weighted by molar-refractivity contribution is 8.15. The highest BCUT2D eigenvalue weighted by Gasteiger charge is 2.30. The van der Waals surface area contributed by atoms with Crippen LogP contribution in [0.2, 0.25) is 0 Å². The molecular weight excluding hydrogens is 315 g/mol. The van der Waals surface area contributed by atoms with Gasteiger partial charge in [-0.3, -0.25) is 4.79 Å². The number of methoxy groups -OCH3 is 1. The first kappa shape index (κ1) is 15.6. The number of hydrogen-bond donors (Lipinski definition) is 1. The number of amides is 1. The van der Waals surface area contributed by atoms with Crippen LogP contribution in [0.1, 0.15) is 5.56 Å². The van der Waals surface area contributed by atoms with Gasteiger partial charge in [0.25, 0.3) is 0 Å². The minimum absolute atomic E-state index is 0.0772. The van der Waals surface area contributed by atoms with Gasteiger partial charge in [0.1, 0.15) is 11.6 Å². The molecule has 0 saturated carbocycles. The molecule has 1 saturated heterocycles. The molecule has 4 nitrogen and oxygen atoms in total. The lowest BCUT2D eigenvalue weighted by molar-refractivity contribution is -0.118. The Hall–Kier alpha value is -2.34. The van der Waals surface area contributed by atoms with Crippen LogP contribution in [0.3, 0.4) is 0 Å². The molecule has 3 rings (SSSR count). The number of carbonyl (C=O) groups excluding carboxylic acids is 1. The van der Waals surface area contributed by atoms with Crippen molar-refractivity contribution in [2.24, 2.45) is 4.99 Å². The van der Waals surface area contributed by atoms with E-state index in [1.165, 1.54) is 23.9 Å². The van der Waals surface area contributed by atoms with E-state index in [0.29, 0.717) is 11.6 Å². The average Bonchev–Trinajstić information content (AvgIpc) is 2.90. The second kappa shape index (κ2) is 6.83. The molecule has 2 aromatic carbocycles. The summed E-state index contributed by atoms with van der Waals surface area (Å²) in [5.41, 5.74) is 1.67. The monoisotopic (exact) mass is 330 g/mol. The normalized spacial score (nSPS) is 19.0. The maximum Gasteiger partial charge on any atom is 0.239 e. The first-order valence-corrected chi connectivity index (χ1v) is 7.97. The van der Waals surface area contributed by atoms with E-state index in [2.05, 4.69) is 10.3 Å². The van der Waals surface area contributed by atoms with Crippen LogP contribution < -0.4 is 10.1 Å². The fourth-order valence-corrected chi connectivity index (χ4v) is 3.23. The summed E-state index contributed by atoms with van der Waals surface area (Å²) in [4.78, 5) is 16.5. The van der Waals surface area contributed by atoms with Gasteiger partial charge < -0.3 is 10.1 Å². The second-order valence-electron chi connectivity index (χ2n) is 5.04. The van der Waals surface area contributed by atoms with Crippen molar-refractivity contribution >= 4 is 28.5 Å². The van der Waals surface area contributed by atoms with Gasteiger partial charge in [0.15, 0.2) is 5.17 Å². The van der Waals surface area contributed by atoms with Crippen molar-refractivity contribution in [2.75, 3.05) is 7.11 Å². The van der Waals surface area contributed by atoms with Gasteiger partial charge in [0.05, 0.1) is 18.0 Å². The third kappa shape index (κ3) is 3.90. The summed E-state index contributed by atoms with van der Waals surface area (Å²) in [5, 5.41) is 3.11. The van der Waals surface area contributed by atoms with Crippen LogP contribution in [-0.4, -0.2) is 23.4 Å². The van der Waals surface area contributed by atoms with Crippen LogP contribution in [0.4, 0.5) is 10.1 Å². The Morgan fingerprint density at radius 3 is 2.52 bits per heavy atom. The van der Waals surface area contributed by atoms with Gasteiger partial charge in [-0.2, -0.15) is 0 Å². The first-order chi connectivity index (χ1) is 11.1. The maximum absolute atomic E-state index is 12.9. The summed E-state index contributed by atoms with van der Waals surface area (Å²) >= 11 is 1.39. The number of hydrogen-bond acceptors (Lipinski definition) is 4. The van der Waals surface area contributed by atoms with E-state index in [1.807, 2.05) is 24.3 Å². The SMILES string of the molecule is COc1ccc(N=C2NC(=O)[C@@H](Cc3ccc(F)cc3)S2)cc1. The van der Waals surface area contributed by atoms with E-state index in [-0.39, 0.29) is 17.0 Å². The van der Waals surface area contributed by atoms with Gasteiger partial charge in [0, 0.05) is 0 Å². The fraction of sp³-hybridized carbons (Fsp3) is 0.176. The zero-order chi connectivity index (χ0) is 16.2. The van der Waals surface area contributed by atoms with Gasteiger partial charge in [-0.1, -0.05) is 23.9 Å². The van der Waals surface area contributed by atoms with Crippen LogP contribution >= 0.6 is 11.8 Å². The molecule has 1 fully saturated rings. The van der Waals surface area contributed by atoms with E-state index >= 15 is 0 Å². The summed E-state index contributed by atoms with van der Waals surface area (Å²) in [6.07, 6.45) is 0.540. The number of halogens is 1. The number of rotatable bonds is 4. The van der Waals surface area contributed by atoms with E-state index < -0.39 is 0 Å². The minimum Gasteiger partial charge on any atom is -0.497 e. The molecule has 0 aromatic heterocycles. The quantitative estimate of drug-likeness (QED) is 0.936. The van der Waals surface area contributed by atoms with E-state index in [4.69, 9.17) is 4.74 Å². The Balaban J connectivity index is 1.68. The molecule has 1 heterocycles. The van der Waals surface area contributed by atoms with Crippen LogP contribution in [0.5, 0.6) is 5.75 Å². The van der Waals surface area contributed by atoms with Crippen molar-refractivity contribution < 1.29 is 13.9 Å². The molecule has 2 aromatic rings. The second-order valence-corrected chi connectivity index (χ2v) is 6.23. The molecule has 0 radical (unpaired) electrons. The largest absolute Gasteiger partial charge is 0.497 e. The smallest absolute Gasteiger partial charge is 0.239 e. The molecule has 1 aliphatic heterocycles. The Bertz CT molecular complexity index is 729. The van der Waals surface area contributed by atoms with Crippen molar-refractivity contribution in [3.63, 3.8) is 0 Å². The Morgan fingerprint density at radius 1 is 1.17 bits per heavy atom. The number of aliphatic imine (C=N–C) groups is 1. The average molecular weight is 330 g/mol. The standard InChI is InChI=1S/C17H15FN2O2S/c1-22-14-8-6-13(7-9-14)19-17-20-16(21)15(23-17)10-11-2-4-12(18)5-3-11/h2-9,15H,10H2,1H3,(H,19,20,21)/t15-/m1/s1. The third-order valence-corrected chi connectivity index (χ3v) is 4.50. The van der Waals surface area contributed by atoms with Crippen molar-refractivity contribution in [2.45, 2.75) is 11.7 Å². The van der Waals surface area contributed by atoms with E-state index in [9.17, 15) is 9.18 Å². The third-order valence-electron chi connectivity index (χ3n) is 3.41. The number of nitrogens with one attached hydrogen (secondary N) is 1. The number of ether oxygens (including phenoxy) is 1. The lowest BCUT2D eigenvalue weighted by Crippen LogP contribution is -2.25. The fourth-order valence-electron chi connectivity index (χ4n) is 2.20. The Morgan fingerprint density at radius 2 is 1.87 bits per heavy atom. The van der Waals surface area contributed by atoms with Crippen molar-refractivity contribution in [1.29, 1.82) is 0 Å². The zero-order valence-corrected chi connectivity index (χ0v) is 13.3.